The Morgan fingerprint density at radius 1 is 1.00 bits per heavy atom. The molecule has 0 aliphatic heterocycles. The SMILES string of the molecule is CCc1ccc(-c2ccc(C(=O)NCC(=O)N[C@@H](CN)C(=O)NO)cc2)cc1. The summed E-state index contributed by atoms with van der Waals surface area (Å²) in [5.74, 6) is -1.84. The van der Waals surface area contributed by atoms with Gasteiger partial charge in [-0.25, -0.2) is 5.48 Å². The minimum Gasteiger partial charge on any atom is -0.343 e. The van der Waals surface area contributed by atoms with E-state index in [0.717, 1.165) is 17.5 Å². The molecule has 6 N–H and O–H groups in total. The van der Waals surface area contributed by atoms with Crippen LogP contribution in [0.5, 0.6) is 0 Å². The molecule has 0 fully saturated rings. The van der Waals surface area contributed by atoms with Crippen LogP contribution in [0.1, 0.15) is 22.8 Å². The number of benzene rings is 2. The van der Waals surface area contributed by atoms with Crippen LogP contribution < -0.4 is 21.8 Å². The van der Waals surface area contributed by atoms with Gasteiger partial charge in [0.15, 0.2) is 0 Å². The first-order chi connectivity index (χ1) is 13.5. The molecule has 0 aliphatic rings. The van der Waals surface area contributed by atoms with Gasteiger partial charge in [0.2, 0.25) is 5.91 Å². The lowest BCUT2D eigenvalue weighted by atomic mass is 10.0. The van der Waals surface area contributed by atoms with Crippen molar-refractivity contribution in [1.82, 2.24) is 16.1 Å². The van der Waals surface area contributed by atoms with Crippen LogP contribution in [0.15, 0.2) is 48.5 Å². The molecule has 1 atom stereocenters. The topological polar surface area (TPSA) is 134 Å². The highest BCUT2D eigenvalue weighted by Crippen LogP contribution is 2.20. The molecule has 0 heterocycles. The smallest absolute Gasteiger partial charge is 0.267 e. The summed E-state index contributed by atoms with van der Waals surface area (Å²) in [7, 11) is 0. The molecule has 3 amide bonds. The number of amides is 3. The van der Waals surface area contributed by atoms with Gasteiger partial charge in [-0.05, 0) is 35.2 Å². The lowest BCUT2D eigenvalue weighted by Crippen LogP contribution is -2.52. The summed E-state index contributed by atoms with van der Waals surface area (Å²) >= 11 is 0. The number of aryl methyl sites for hydroxylation is 1. The fourth-order valence-electron chi connectivity index (χ4n) is 2.56. The van der Waals surface area contributed by atoms with E-state index in [1.54, 1.807) is 12.1 Å². The monoisotopic (exact) mass is 384 g/mol. The van der Waals surface area contributed by atoms with Gasteiger partial charge in [-0.1, -0.05) is 43.3 Å². The van der Waals surface area contributed by atoms with Crippen LogP contribution in [-0.4, -0.2) is 42.1 Å². The Bertz CT molecular complexity index is 819. The van der Waals surface area contributed by atoms with E-state index in [-0.39, 0.29) is 13.1 Å². The third kappa shape index (κ3) is 5.63. The Kier molecular flexibility index (Phi) is 7.67. The van der Waals surface area contributed by atoms with Crippen LogP contribution in [-0.2, 0) is 16.0 Å². The summed E-state index contributed by atoms with van der Waals surface area (Å²) < 4.78 is 0. The summed E-state index contributed by atoms with van der Waals surface area (Å²) in [5.41, 5.74) is 10.5. The van der Waals surface area contributed by atoms with E-state index >= 15 is 0 Å². The maximum absolute atomic E-state index is 12.2. The number of rotatable bonds is 8. The van der Waals surface area contributed by atoms with Crippen LogP contribution in [0.4, 0.5) is 0 Å². The second kappa shape index (κ2) is 10.2. The average molecular weight is 384 g/mol. The zero-order valence-electron chi connectivity index (χ0n) is 15.6. The number of hydrogen-bond acceptors (Lipinski definition) is 5. The van der Waals surface area contributed by atoms with Crippen LogP contribution in [0, 0.1) is 0 Å². The largest absolute Gasteiger partial charge is 0.343 e. The summed E-state index contributed by atoms with van der Waals surface area (Å²) in [6.07, 6.45) is 0.976. The first kappa shape index (κ1) is 21.1. The molecule has 28 heavy (non-hydrogen) atoms. The quantitative estimate of drug-likeness (QED) is 0.336. The minimum atomic E-state index is -1.08. The highest BCUT2D eigenvalue weighted by molar-refractivity contribution is 5.97. The van der Waals surface area contributed by atoms with Gasteiger partial charge >= 0.3 is 0 Å². The molecule has 2 aromatic rings. The molecule has 0 bridgehead atoms. The summed E-state index contributed by atoms with van der Waals surface area (Å²) in [4.78, 5) is 35.3. The van der Waals surface area contributed by atoms with Gasteiger partial charge in [-0.15, -0.1) is 0 Å². The molecule has 2 aromatic carbocycles. The molecule has 148 valence electrons. The molecule has 8 heteroatoms. The average Bonchev–Trinajstić information content (AvgIpc) is 2.75. The summed E-state index contributed by atoms with van der Waals surface area (Å²) in [6.45, 7) is 1.58. The first-order valence-corrected chi connectivity index (χ1v) is 8.89. The maximum atomic E-state index is 12.2. The summed E-state index contributed by atoms with van der Waals surface area (Å²) in [5, 5.41) is 13.4. The van der Waals surface area contributed by atoms with Gasteiger partial charge in [-0.2, -0.15) is 0 Å². The lowest BCUT2D eigenvalue weighted by molar-refractivity contribution is -0.134. The van der Waals surface area contributed by atoms with Gasteiger partial charge in [0.25, 0.3) is 11.8 Å². The van der Waals surface area contributed by atoms with E-state index in [2.05, 4.69) is 29.7 Å². The highest BCUT2D eigenvalue weighted by Gasteiger charge is 2.18. The van der Waals surface area contributed by atoms with Crippen molar-refractivity contribution in [3.63, 3.8) is 0 Å². The van der Waals surface area contributed by atoms with Crippen molar-refractivity contribution in [2.45, 2.75) is 19.4 Å². The van der Waals surface area contributed by atoms with E-state index in [1.165, 1.54) is 11.0 Å². The lowest BCUT2D eigenvalue weighted by Gasteiger charge is -2.14. The van der Waals surface area contributed by atoms with E-state index in [9.17, 15) is 14.4 Å². The Labute approximate surface area is 163 Å². The maximum Gasteiger partial charge on any atom is 0.267 e. The summed E-state index contributed by atoms with van der Waals surface area (Å²) in [6, 6.07) is 14.2. The zero-order valence-corrected chi connectivity index (χ0v) is 15.6. The van der Waals surface area contributed by atoms with Crippen molar-refractivity contribution in [3.05, 3.63) is 59.7 Å². The molecule has 0 spiro atoms. The molecule has 0 saturated carbocycles. The van der Waals surface area contributed by atoms with E-state index < -0.39 is 23.8 Å². The molecule has 8 nitrogen and oxygen atoms in total. The van der Waals surface area contributed by atoms with Crippen molar-refractivity contribution in [2.24, 2.45) is 5.73 Å². The number of carbonyl (C=O) groups is 3. The van der Waals surface area contributed by atoms with E-state index in [0.29, 0.717) is 5.56 Å². The molecular weight excluding hydrogens is 360 g/mol. The molecule has 0 unspecified atom stereocenters. The van der Waals surface area contributed by atoms with Gasteiger partial charge < -0.3 is 16.4 Å². The standard InChI is InChI=1S/C20H24N4O4/c1-2-13-3-5-14(6-4-13)15-7-9-16(10-8-15)19(26)22-12-18(25)23-17(11-21)20(27)24-28/h3-10,17,28H,2,11-12,21H2,1H3,(H,22,26)(H,23,25)(H,24,27)/t17-/m0/s1. The fourth-order valence-corrected chi connectivity index (χ4v) is 2.56. The molecule has 2 rings (SSSR count). The van der Waals surface area contributed by atoms with Crippen molar-refractivity contribution in [2.75, 3.05) is 13.1 Å². The van der Waals surface area contributed by atoms with Crippen molar-refractivity contribution < 1.29 is 19.6 Å². The Balaban J connectivity index is 1.91. The normalized spacial score (nSPS) is 11.4. The predicted molar refractivity (Wildman–Crippen MR) is 105 cm³/mol. The minimum absolute atomic E-state index is 0.188. The molecule has 0 aliphatic carbocycles. The molecule has 0 radical (unpaired) electrons. The number of nitrogens with two attached hydrogens (primary N) is 1. The first-order valence-electron chi connectivity index (χ1n) is 8.89. The third-order valence-corrected chi connectivity index (χ3v) is 4.25. The van der Waals surface area contributed by atoms with Gasteiger partial charge in [0.05, 0.1) is 6.54 Å². The number of nitrogens with one attached hydrogen (secondary N) is 3. The van der Waals surface area contributed by atoms with Crippen molar-refractivity contribution in [1.29, 1.82) is 0 Å². The number of hydrogen-bond donors (Lipinski definition) is 5. The van der Waals surface area contributed by atoms with Gasteiger partial charge in [0.1, 0.15) is 6.04 Å². The zero-order chi connectivity index (χ0) is 20.5. The second-order valence-corrected chi connectivity index (χ2v) is 6.14. The molecular formula is C20H24N4O4. The third-order valence-electron chi connectivity index (χ3n) is 4.25. The fraction of sp³-hybridized carbons (Fsp3) is 0.250. The Hall–Kier alpha value is -3.23. The van der Waals surface area contributed by atoms with Crippen LogP contribution >= 0.6 is 0 Å². The highest BCUT2D eigenvalue weighted by atomic mass is 16.5. The molecule has 0 saturated heterocycles. The van der Waals surface area contributed by atoms with Crippen LogP contribution in [0.3, 0.4) is 0 Å². The van der Waals surface area contributed by atoms with Crippen LogP contribution in [0.25, 0.3) is 11.1 Å². The number of hydroxylamine groups is 1. The van der Waals surface area contributed by atoms with Crippen molar-refractivity contribution >= 4 is 17.7 Å². The van der Waals surface area contributed by atoms with Gasteiger partial charge in [-0.3, -0.25) is 19.6 Å². The Morgan fingerprint density at radius 3 is 2.07 bits per heavy atom. The second-order valence-electron chi connectivity index (χ2n) is 6.14. The predicted octanol–water partition coefficient (Wildman–Crippen LogP) is 0.595. The number of carbonyl (C=O) groups excluding carboxylic acids is 3. The molecule has 0 aromatic heterocycles. The van der Waals surface area contributed by atoms with Crippen molar-refractivity contribution in [3.8, 4) is 11.1 Å². The van der Waals surface area contributed by atoms with E-state index in [4.69, 9.17) is 10.9 Å². The Morgan fingerprint density at radius 2 is 1.57 bits per heavy atom. The van der Waals surface area contributed by atoms with Crippen LogP contribution in [0.2, 0.25) is 0 Å². The van der Waals surface area contributed by atoms with E-state index in [1.807, 2.05) is 24.3 Å². The van der Waals surface area contributed by atoms with Gasteiger partial charge in [0, 0.05) is 12.1 Å².